The van der Waals surface area contributed by atoms with E-state index in [0.29, 0.717) is 40.0 Å². The summed E-state index contributed by atoms with van der Waals surface area (Å²) < 4.78 is 21.0. The predicted molar refractivity (Wildman–Crippen MR) is 70.7 cm³/mol. The van der Waals surface area contributed by atoms with Gasteiger partial charge in [0.25, 0.3) is 0 Å². The summed E-state index contributed by atoms with van der Waals surface area (Å²) in [5.41, 5.74) is 7.63. The lowest BCUT2D eigenvalue weighted by molar-refractivity contribution is 0.325. The van der Waals surface area contributed by atoms with Crippen molar-refractivity contribution in [3.8, 4) is 28.5 Å². The van der Waals surface area contributed by atoms with Crippen molar-refractivity contribution in [2.24, 2.45) is 0 Å². The molecule has 1 aromatic carbocycles. The monoisotopic (exact) mass is 264 g/mol. The van der Waals surface area contributed by atoms with Crippen molar-refractivity contribution in [3.05, 3.63) is 17.9 Å². The van der Waals surface area contributed by atoms with Gasteiger partial charge in [0, 0.05) is 0 Å². The highest BCUT2D eigenvalue weighted by Crippen LogP contribution is 2.45. The number of nitrogens with zero attached hydrogens (tertiary/aromatic N) is 1. The van der Waals surface area contributed by atoms with E-state index in [2.05, 4.69) is 5.16 Å². The molecular weight excluding hydrogens is 248 g/mol. The van der Waals surface area contributed by atoms with Crippen LogP contribution in [0.4, 0.5) is 5.69 Å². The highest BCUT2D eigenvalue weighted by atomic mass is 16.5. The first-order valence-electron chi connectivity index (χ1n) is 5.65. The number of ether oxygens (including phenoxy) is 3. The minimum Gasteiger partial charge on any atom is -0.493 e. The number of methoxy groups -OCH3 is 3. The Balaban J connectivity index is 2.67. The zero-order chi connectivity index (χ0) is 14.0. The summed E-state index contributed by atoms with van der Waals surface area (Å²) in [6.07, 6.45) is 0. The van der Waals surface area contributed by atoms with Crippen LogP contribution in [-0.2, 0) is 0 Å². The third kappa shape index (κ3) is 2.05. The molecule has 0 saturated carbocycles. The summed E-state index contributed by atoms with van der Waals surface area (Å²) in [6.45, 7) is 1.75. The van der Waals surface area contributed by atoms with Gasteiger partial charge in [-0.2, -0.15) is 0 Å². The van der Waals surface area contributed by atoms with Gasteiger partial charge in [0.15, 0.2) is 17.3 Å². The molecule has 6 heteroatoms. The number of nitrogens with two attached hydrogens (primary N) is 1. The Hall–Kier alpha value is -2.37. The van der Waals surface area contributed by atoms with Gasteiger partial charge in [0.2, 0.25) is 5.75 Å². The summed E-state index contributed by atoms with van der Waals surface area (Å²) in [6, 6.07) is 3.56. The standard InChI is InChI=1S/C13H16N2O4/c1-7-10(14)11(15-19-7)8-5-6-9(16-2)13(18-4)12(8)17-3/h5-6H,14H2,1-4H3. The lowest BCUT2D eigenvalue weighted by atomic mass is 10.1. The van der Waals surface area contributed by atoms with Crippen LogP contribution in [-0.4, -0.2) is 26.5 Å². The van der Waals surface area contributed by atoms with Gasteiger partial charge >= 0.3 is 0 Å². The largest absolute Gasteiger partial charge is 0.493 e. The van der Waals surface area contributed by atoms with Crippen LogP contribution in [0.15, 0.2) is 16.7 Å². The number of anilines is 1. The number of hydrogen-bond donors (Lipinski definition) is 1. The smallest absolute Gasteiger partial charge is 0.203 e. The predicted octanol–water partition coefficient (Wildman–Crippen LogP) is 2.26. The summed E-state index contributed by atoms with van der Waals surface area (Å²) in [5.74, 6) is 2.12. The Morgan fingerprint density at radius 1 is 1.05 bits per heavy atom. The Labute approximate surface area is 111 Å². The van der Waals surface area contributed by atoms with E-state index in [1.807, 2.05) is 0 Å². The fraction of sp³-hybridized carbons (Fsp3) is 0.308. The molecule has 0 aliphatic heterocycles. The quantitative estimate of drug-likeness (QED) is 0.912. The van der Waals surface area contributed by atoms with Crippen LogP contribution < -0.4 is 19.9 Å². The van der Waals surface area contributed by atoms with Crippen molar-refractivity contribution in [2.75, 3.05) is 27.1 Å². The molecule has 0 bridgehead atoms. The topological polar surface area (TPSA) is 79.7 Å². The number of aromatic nitrogens is 1. The number of benzene rings is 1. The van der Waals surface area contributed by atoms with Gasteiger partial charge in [0.1, 0.15) is 11.4 Å². The molecule has 2 rings (SSSR count). The Kier molecular flexibility index (Phi) is 3.50. The molecule has 6 nitrogen and oxygen atoms in total. The third-order valence-corrected chi connectivity index (χ3v) is 2.87. The Morgan fingerprint density at radius 2 is 1.74 bits per heavy atom. The summed E-state index contributed by atoms with van der Waals surface area (Å²) in [7, 11) is 4.65. The average Bonchev–Trinajstić information content (AvgIpc) is 2.77. The molecule has 2 N–H and O–H groups in total. The molecule has 102 valence electrons. The lowest BCUT2D eigenvalue weighted by Gasteiger charge is -2.14. The van der Waals surface area contributed by atoms with E-state index in [9.17, 15) is 0 Å². The molecule has 2 aromatic rings. The first kappa shape index (κ1) is 13.1. The minimum absolute atomic E-state index is 0.477. The molecule has 0 aliphatic carbocycles. The molecule has 1 heterocycles. The zero-order valence-electron chi connectivity index (χ0n) is 11.3. The summed E-state index contributed by atoms with van der Waals surface area (Å²) >= 11 is 0. The minimum atomic E-state index is 0.477. The second-order valence-electron chi connectivity index (χ2n) is 3.88. The zero-order valence-corrected chi connectivity index (χ0v) is 11.3. The molecule has 0 aliphatic rings. The van der Waals surface area contributed by atoms with Gasteiger partial charge < -0.3 is 24.5 Å². The van der Waals surface area contributed by atoms with Crippen molar-refractivity contribution >= 4 is 5.69 Å². The molecule has 0 unspecified atom stereocenters. The fourth-order valence-electron chi connectivity index (χ4n) is 1.86. The SMILES string of the molecule is COc1ccc(-c2noc(C)c2N)c(OC)c1OC. The van der Waals surface area contributed by atoms with E-state index in [1.54, 1.807) is 40.4 Å². The second-order valence-corrected chi connectivity index (χ2v) is 3.88. The van der Waals surface area contributed by atoms with Crippen LogP contribution in [0.2, 0.25) is 0 Å². The van der Waals surface area contributed by atoms with Crippen LogP contribution in [0.5, 0.6) is 17.2 Å². The van der Waals surface area contributed by atoms with Crippen LogP contribution in [0.3, 0.4) is 0 Å². The number of nitrogen functional groups attached to an aromatic ring is 1. The lowest BCUT2D eigenvalue weighted by Crippen LogP contribution is -1.98. The maximum Gasteiger partial charge on any atom is 0.203 e. The van der Waals surface area contributed by atoms with Crippen LogP contribution in [0, 0.1) is 6.92 Å². The number of aryl methyl sites for hydroxylation is 1. The molecule has 0 spiro atoms. The summed E-state index contributed by atoms with van der Waals surface area (Å²) in [4.78, 5) is 0. The van der Waals surface area contributed by atoms with Crippen LogP contribution >= 0.6 is 0 Å². The van der Waals surface area contributed by atoms with E-state index < -0.39 is 0 Å². The van der Waals surface area contributed by atoms with Crippen LogP contribution in [0.1, 0.15) is 5.76 Å². The Bertz CT molecular complexity index is 593. The average molecular weight is 264 g/mol. The maximum absolute atomic E-state index is 5.94. The molecular formula is C13H16N2O4. The van der Waals surface area contributed by atoms with Crippen molar-refractivity contribution in [2.45, 2.75) is 6.92 Å². The van der Waals surface area contributed by atoms with Gasteiger partial charge in [-0.1, -0.05) is 5.16 Å². The van der Waals surface area contributed by atoms with Crippen LogP contribution in [0.25, 0.3) is 11.3 Å². The molecule has 19 heavy (non-hydrogen) atoms. The molecule has 0 fully saturated rings. The molecule has 1 aromatic heterocycles. The van der Waals surface area contributed by atoms with E-state index in [-0.39, 0.29) is 0 Å². The van der Waals surface area contributed by atoms with Gasteiger partial charge in [-0.25, -0.2) is 0 Å². The number of hydrogen-bond acceptors (Lipinski definition) is 6. The van der Waals surface area contributed by atoms with Crippen molar-refractivity contribution < 1.29 is 18.7 Å². The fourth-order valence-corrected chi connectivity index (χ4v) is 1.86. The van der Waals surface area contributed by atoms with Crippen molar-refractivity contribution in [3.63, 3.8) is 0 Å². The Morgan fingerprint density at radius 3 is 2.21 bits per heavy atom. The molecule has 0 amide bonds. The van der Waals surface area contributed by atoms with Gasteiger partial charge in [-0.15, -0.1) is 0 Å². The highest BCUT2D eigenvalue weighted by molar-refractivity contribution is 5.81. The van der Waals surface area contributed by atoms with Gasteiger partial charge in [-0.05, 0) is 19.1 Å². The van der Waals surface area contributed by atoms with Crippen molar-refractivity contribution in [1.82, 2.24) is 5.16 Å². The third-order valence-electron chi connectivity index (χ3n) is 2.87. The second kappa shape index (κ2) is 5.09. The molecule has 0 atom stereocenters. The first-order chi connectivity index (χ1) is 9.13. The molecule has 0 saturated heterocycles. The summed E-state index contributed by atoms with van der Waals surface area (Å²) in [5, 5.41) is 3.95. The van der Waals surface area contributed by atoms with Crippen molar-refractivity contribution in [1.29, 1.82) is 0 Å². The van der Waals surface area contributed by atoms with Gasteiger partial charge in [0.05, 0.1) is 26.9 Å². The van der Waals surface area contributed by atoms with E-state index in [0.717, 1.165) is 0 Å². The van der Waals surface area contributed by atoms with Gasteiger partial charge in [-0.3, -0.25) is 0 Å². The highest BCUT2D eigenvalue weighted by Gasteiger charge is 2.21. The van der Waals surface area contributed by atoms with E-state index >= 15 is 0 Å². The molecule has 0 radical (unpaired) electrons. The van der Waals surface area contributed by atoms with E-state index in [4.69, 9.17) is 24.5 Å². The van der Waals surface area contributed by atoms with E-state index in [1.165, 1.54) is 0 Å². The first-order valence-corrected chi connectivity index (χ1v) is 5.65. The number of rotatable bonds is 4. The maximum atomic E-state index is 5.94. The normalized spacial score (nSPS) is 10.3.